The summed E-state index contributed by atoms with van der Waals surface area (Å²) in [7, 11) is 0.466. The predicted octanol–water partition coefficient (Wildman–Crippen LogP) is 4.42. The molecule has 0 heterocycles. The molecule has 0 bridgehead atoms. The van der Waals surface area contributed by atoms with Gasteiger partial charge in [0.05, 0.1) is 19.8 Å². The molecule has 0 fully saturated rings. The molecule has 3 nitrogen and oxygen atoms in total. The molecule has 4 heteroatoms. The topological polar surface area (TPSA) is 49.7 Å². The quantitative estimate of drug-likeness (QED) is 0.587. The largest absolute Gasteiger partial charge is 0.497 e. The molecule has 1 aromatic rings. The monoisotopic (exact) mass is 338 g/mol. The van der Waals surface area contributed by atoms with Crippen LogP contribution in [-0.4, -0.2) is 38.1 Å². The summed E-state index contributed by atoms with van der Waals surface area (Å²) in [4.78, 5) is 0. The van der Waals surface area contributed by atoms with Crippen molar-refractivity contribution in [1.82, 2.24) is 0 Å². The third kappa shape index (κ3) is 7.51. The molecular weight excluding hydrogens is 304 g/mol. The van der Waals surface area contributed by atoms with Gasteiger partial charge in [-0.3, -0.25) is 0 Å². The van der Waals surface area contributed by atoms with E-state index in [9.17, 15) is 10.2 Å². The van der Waals surface area contributed by atoms with Crippen LogP contribution in [0.3, 0.4) is 0 Å². The summed E-state index contributed by atoms with van der Waals surface area (Å²) in [6.07, 6.45) is 3.71. The van der Waals surface area contributed by atoms with E-state index in [1.807, 2.05) is 24.3 Å². The van der Waals surface area contributed by atoms with Gasteiger partial charge in [0.2, 0.25) is 0 Å². The molecule has 1 aromatic carbocycles. The van der Waals surface area contributed by atoms with E-state index in [2.05, 4.69) is 20.0 Å². The molecule has 0 amide bonds. The van der Waals surface area contributed by atoms with E-state index in [1.54, 1.807) is 7.11 Å². The van der Waals surface area contributed by atoms with Gasteiger partial charge in [-0.25, -0.2) is 0 Å². The van der Waals surface area contributed by atoms with Crippen molar-refractivity contribution < 1.29 is 14.9 Å². The van der Waals surface area contributed by atoms with Gasteiger partial charge in [-0.15, -0.1) is 0 Å². The Labute approximate surface area is 142 Å². The van der Waals surface area contributed by atoms with Gasteiger partial charge < -0.3 is 14.9 Å². The summed E-state index contributed by atoms with van der Waals surface area (Å²) in [5.41, 5.74) is 1.06. The molecule has 0 saturated carbocycles. The molecule has 1 rings (SSSR count). The second-order valence-corrected chi connectivity index (χ2v) is 12.7. The highest BCUT2D eigenvalue weighted by Gasteiger charge is 2.23. The van der Waals surface area contributed by atoms with Crippen molar-refractivity contribution in [2.24, 2.45) is 0 Å². The first-order valence-electron chi connectivity index (χ1n) is 8.84. The van der Waals surface area contributed by atoms with E-state index < -0.39 is 8.07 Å². The number of aliphatic hydroxyl groups is 2. The highest BCUT2D eigenvalue weighted by Crippen LogP contribution is 2.27. The summed E-state index contributed by atoms with van der Waals surface area (Å²) in [5, 5.41) is 20.1. The van der Waals surface area contributed by atoms with E-state index in [0.29, 0.717) is 6.42 Å². The Hall–Kier alpha value is -0.843. The fourth-order valence-corrected chi connectivity index (χ4v) is 5.65. The van der Waals surface area contributed by atoms with Crippen LogP contribution in [0.4, 0.5) is 0 Å². The second kappa shape index (κ2) is 10.1. The van der Waals surface area contributed by atoms with E-state index in [0.717, 1.165) is 23.8 Å². The number of methoxy groups -OCH3 is 1. The zero-order valence-electron chi connectivity index (χ0n) is 15.2. The third-order valence-corrected chi connectivity index (χ3v) is 8.07. The maximum atomic E-state index is 10.4. The Bertz CT molecular complexity index is 431. The maximum absolute atomic E-state index is 10.4. The Morgan fingerprint density at radius 3 is 2.30 bits per heavy atom. The predicted molar refractivity (Wildman–Crippen MR) is 100 cm³/mol. The zero-order chi connectivity index (χ0) is 17.3. The van der Waals surface area contributed by atoms with Crippen molar-refractivity contribution in [2.45, 2.75) is 69.8 Å². The van der Waals surface area contributed by atoms with Gasteiger partial charge in [0.15, 0.2) is 0 Å². The van der Waals surface area contributed by atoms with Crippen LogP contribution in [0, 0.1) is 0 Å². The first kappa shape index (κ1) is 20.2. The lowest BCUT2D eigenvalue weighted by atomic mass is 9.93. The minimum absolute atomic E-state index is 0.00340. The molecule has 0 unspecified atom stereocenters. The smallest absolute Gasteiger partial charge is 0.118 e. The summed E-state index contributed by atoms with van der Waals surface area (Å²) < 4.78 is 5.16. The molecule has 132 valence electrons. The molecule has 23 heavy (non-hydrogen) atoms. The van der Waals surface area contributed by atoms with Crippen molar-refractivity contribution in [3.05, 3.63) is 29.8 Å². The average molecular weight is 339 g/mol. The number of hydrogen-bond acceptors (Lipinski definition) is 3. The van der Waals surface area contributed by atoms with Gasteiger partial charge in [-0.2, -0.15) is 0 Å². The van der Waals surface area contributed by atoms with Gasteiger partial charge in [0.1, 0.15) is 5.75 Å². The maximum Gasteiger partial charge on any atom is 0.118 e. The van der Waals surface area contributed by atoms with Gasteiger partial charge >= 0.3 is 0 Å². The molecule has 2 N–H and O–H groups in total. The Morgan fingerprint density at radius 2 is 1.78 bits per heavy atom. The molecule has 0 spiro atoms. The third-order valence-electron chi connectivity index (χ3n) is 4.73. The van der Waals surface area contributed by atoms with E-state index in [1.165, 1.54) is 18.9 Å². The number of unbranched alkanes of at least 4 members (excludes halogenated alkanes) is 1. The van der Waals surface area contributed by atoms with E-state index in [4.69, 9.17) is 4.74 Å². The second-order valence-electron chi connectivity index (χ2n) is 7.35. The summed E-state index contributed by atoms with van der Waals surface area (Å²) >= 11 is 0. The molecule has 0 aromatic heterocycles. The van der Waals surface area contributed by atoms with Crippen LogP contribution in [0.25, 0.3) is 0 Å². The molecule has 0 saturated heterocycles. The van der Waals surface area contributed by atoms with Crippen LogP contribution < -0.4 is 4.74 Å². The standard InChI is InChI=1S/C19H34O3Si/c1-5-6-12-23(3,4)13-11-18(21)14-17(15-20)16-7-9-19(22-2)10-8-16/h7-10,17-18,20-21H,5-6,11-15H2,1-4H3/t17-,18-/m1/s1. The van der Waals surface area contributed by atoms with Crippen molar-refractivity contribution in [1.29, 1.82) is 0 Å². The SMILES string of the molecule is CCCC[Si](C)(C)CC[C@@H](O)C[C@H](CO)c1ccc(OC)cc1. The molecule has 2 atom stereocenters. The van der Waals surface area contributed by atoms with Gasteiger partial charge in [-0.05, 0) is 30.5 Å². The fraction of sp³-hybridized carbons (Fsp3) is 0.684. The summed E-state index contributed by atoms with van der Waals surface area (Å²) in [6.45, 7) is 7.14. The van der Waals surface area contributed by atoms with Crippen LogP contribution in [0.5, 0.6) is 5.75 Å². The highest BCUT2D eigenvalue weighted by molar-refractivity contribution is 6.77. The number of aliphatic hydroxyl groups excluding tert-OH is 2. The van der Waals surface area contributed by atoms with Crippen LogP contribution >= 0.6 is 0 Å². The normalized spacial score (nSPS) is 14.5. The molecule has 0 radical (unpaired) electrons. The molecular formula is C19H34O3Si. The van der Waals surface area contributed by atoms with Gasteiger partial charge in [0.25, 0.3) is 0 Å². The number of hydrogen-bond donors (Lipinski definition) is 2. The average Bonchev–Trinajstić information content (AvgIpc) is 2.56. The minimum Gasteiger partial charge on any atom is -0.497 e. The highest BCUT2D eigenvalue weighted by atomic mass is 28.3. The van der Waals surface area contributed by atoms with Crippen molar-refractivity contribution in [3.63, 3.8) is 0 Å². The van der Waals surface area contributed by atoms with Gasteiger partial charge in [-0.1, -0.05) is 57.1 Å². The van der Waals surface area contributed by atoms with Crippen molar-refractivity contribution >= 4 is 8.07 Å². The molecule has 0 aliphatic carbocycles. The Kier molecular flexibility index (Phi) is 8.88. The summed E-state index contributed by atoms with van der Waals surface area (Å²) in [6, 6.07) is 10.3. The van der Waals surface area contributed by atoms with E-state index >= 15 is 0 Å². The Balaban J connectivity index is 2.50. The number of ether oxygens (including phenoxy) is 1. The lowest BCUT2D eigenvalue weighted by molar-refractivity contribution is 0.134. The first-order valence-corrected chi connectivity index (χ1v) is 12.3. The fourth-order valence-electron chi connectivity index (χ4n) is 2.98. The lowest BCUT2D eigenvalue weighted by Crippen LogP contribution is -2.27. The molecule has 0 aliphatic heterocycles. The Morgan fingerprint density at radius 1 is 1.13 bits per heavy atom. The van der Waals surface area contributed by atoms with Crippen molar-refractivity contribution in [2.75, 3.05) is 13.7 Å². The number of benzene rings is 1. The zero-order valence-corrected chi connectivity index (χ0v) is 16.2. The number of rotatable bonds is 11. The van der Waals surface area contributed by atoms with Crippen LogP contribution in [0.2, 0.25) is 25.2 Å². The van der Waals surface area contributed by atoms with Crippen molar-refractivity contribution in [3.8, 4) is 5.75 Å². The van der Waals surface area contributed by atoms with E-state index in [-0.39, 0.29) is 18.6 Å². The van der Waals surface area contributed by atoms with Crippen LogP contribution in [0.15, 0.2) is 24.3 Å². The lowest BCUT2D eigenvalue weighted by Gasteiger charge is -2.25. The minimum atomic E-state index is -1.18. The van der Waals surface area contributed by atoms with Crippen LogP contribution in [0.1, 0.15) is 44.1 Å². The van der Waals surface area contributed by atoms with Gasteiger partial charge in [0, 0.05) is 14.0 Å². The summed E-state index contributed by atoms with van der Waals surface area (Å²) in [5.74, 6) is 0.811. The molecule has 0 aliphatic rings. The first-order chi connectivity index (χ1) is 10.9. The van der Waals surface area contributed by atoms with Crippen LogP contribution in [-0.2, 0) is 0 Å².